The standard InChI is InChI=1S/C19H20FN5OS/c1-24(2)18(26)17(14-6-4-3-5-7-14)27-19-23-22-16(25(19)21)12-13-8-10-15(20)11-9-13/h3-11,17H,12,21H2,1-2H3/t17-/m1/s1. The maximum absolute atomic E-state index is 13.1. The van der Waals surface area contributed by atoms with E-state index in [1.807, 2.05) is 30.3 Å². The van der Waals surface area contributed by atoms with Crippen molar-refractivity contribution in [2.75, 3.05) is 19.9 Å². The van der Waals surface area contributed by atoms with Crippen molar-refractivity contribution in [1.82, 2.24) is 19.8 Å². The smallest absolute Gasteiger partial charge is 0.240 e. The van der Waals surface area contributed by atoms with Gasteiger partial charge in [0.2, 0.25) is 11.1 Å². The largest absolute Gasteiger partial charge is 0.348 e. The summed E-state index contributed by atoms with van der Waals surface area (Å²) in [7, 11) is 3.43. The van der Waals surface area contributed by atoms with Crippen molar-refractivity contribution in [2.24, 2.45) is 0 Å². The second-order valence-electron chi connectivity index (χ2n) is 6.21. The first-order chi connectivity index (χ1) is 13.0. The number of benzene rings is 2. The van der Waals surface area contributed by atoms with Gasteiger partial charge >= 0.3 is 0 Å². The Kier molecular flexibility index (Phi) is 5.75. The predicted octanol–water partition coefficient (Wildman–Crippen LogP) is 2.64. The average molecular weight is 385 g/mol. The van der Waals surface area contributed by atoms with Crippen LogP contribution in [0.2, 0.25) is 0 Å². The van der Waals surface area contributed by atoms with Crippen molar-refractivity contribution < 1.29 is 9.18 Å². The first kappa shape index (κ1) is 18.9. The zero-order valence-corrected chi connectivity index (χ0v) is 15.9. The summed E-state index contributed by atoms with van der Waals surface area (Å²) in [6, 6.07) is 15.6. The molecule has 0 aliphatic carbocycles. The zero-order chi connectivity index (χ0) is 19.4. The van der Waals surface area contributed by atoms with Crippen LogP contribution in [0.1, 0.15) is 22.2 Å². The molecule has 6 nitrogen and oxygen atoms in total. The van der Waals surface area contributed by atoms with Crippen molar-refractivity contribution in [3.63, 3.8) is 0 Å². The number of halogens is 1. The molecule has 1 heterocycles. The molecule has 0 unspecified atom stereocenters. The summed E-state index contributed by atoms with van der Waals surface area (Å²) in [5, 5.41) is 8.24. The third kappa shape index (κ3) is 4.46. The molecule has 0 aliphatic rings. The summed E-state index contributed by atoms with van der Waals surface area (Å²) < 4.78 is 14.4. The highest BCUT2D eigenvalue weighted by molar-refractivity contribution is 8.00. The summed E-state index contributed by atoms with van der Waals surface area (Å²) in [5.74, 6) is 6.34. The van der Waals surface area contributed by atoms with E-state index in [4.69, 9.17) is 5.84 Å². The fourth-order valence-electron chi connectivity index (χ4n) is 2.52. The monoisotopic (exact) mass is 385 g/mol. The Bertz CT molecular complexity index is 912. The van der Waals surface area contributed by atoms with Crippen molar-refractivity contribution in [3.05, 3.63) is 77.4 Å². The second-order valence-corrected chi connectivity index (χ2v) is 7.29. The van der Waals surface area contributed by atoms with E-state index < -0.39 is 5.25 Å². The van der Waals surface area contributed by atoms with Gasteiger partial charge in [0, 0.05) is 20.5 Å². The Morgan fingerprint density at radius 2 is 1.81 bits per heavy atom. The molecule has 0 saturated heterocycles. The maximum Gasteiger partial charge on any atom is 0.240 e. The van der Waals surface area contributed by atoms with Gasteiger partial charge in [0.25, 0.3) is 0 Å². The Labute approximate surface area is 161 Å². The average Bonchev–Trinajstić information content (AvgIpc) is 3.01. The van der Waals surface area contributed by atoms with E-state index >= 15 is 0 Å². The number of nitrogen functional groups attached to an aromatic ring is 1. The molecule has 0 aliphatic heterocycles. The first-order valence-electron chi connectivity index (χ1n) is 8.32. The van der Waals surface area contributed by atoms with Crippen molar-refractivity contribution >= 4 is 17.7 Å². The van der Waals surface area contributed by atoms with E-state index in [2.05, 4.69) is 10.2 Å². The van der Waals surface area contributed by atoms with E-state index in [9.17, 15) is 9.18 Å². The van der Waals surface area contributed by atoms with E-state index in [1.165, 1.54) is 28.6 Å². The highest BCUT2D eigenvalue weighted by Gasteiger charge is 2.26. The van der Waals surface area contributed by atoms with E-state index in [0.717, 1.165) is 11.1 Å². The minimum atomic E-state index is -0.480. The van der Waals surface area contributed by atoms with Crippen LogP contribution in [0.4, 0.5) is 4.39 Å². The van der Waals surface area contributed by atoms with E-state index in [-0.39, 0.29) is 11.7 Å². The van der Waals surface area contributed by atoms with Gasteiger partial charge in [-0.1, -0.05) is 54.2 Å². The molecule has 0 spiro atoms. The number of hydrogen-bond acceptors (Lipinski definition) is 5. The number of carbonyl (C=O) groups excluding carboxylic acids is 1. The normalized spacial score (nSPS) is 12.0. The first-order valence-corrected chi connectivity index (χ1v) is 9.20. The second kappa shape index (κ2) is 8.22. The fourth-order valence-corrected chi connectivity index (χ4v) is 3.64. The van der Waals surface area contributed by atoms with Crippen LogP contribution in [-0.2, 0) is 11.2 Å². The van der Waals surface area contributed by atoms with Crippen LogP contribution in [0.3, 0.4) is 0 Å². The number of rotatable bonds is 6. The van der Waals surface area contributed by atoms with Crippen LogP contribution in [-0.4, -0.2) is 39.8 Å². The summed E-state index contributed by atoms with van der Waals surface area (Å²) in [6.07, 6.45) is 0.419. The third-order valence-electron chi connectivity index (χ3n) is 4.00. The van der Waals surface area contributed by atoms with Crippen molar-refractivity contribution in [2.45, 2.75) is 16.8 Å². The SMILES string of the molecule is CN(C)C(=O)[C@H](Sc1nnc(Cc2ccc(F)cc2)n1N)c1ccccc1. The fraction of sp³-hybridized carbons (Fsp3) is 0.211. The minimum absolute atomic E-state index is 0.0608. The van der Waals surface area contributed by atoms with Crippen LogP contribution in [0.15, 0.2) is 59.8 Å². The molecule has 3 rings (SSSR count). The molecule has 0 radical (unpaired) electrons. The molecule has 1 aromatic heterocycles. The van der Waals surface area contributed by atoms with Gasteiger partial charge in [0.05, 0.1) is 0 Å². The molecule has 1 amide bonds. The van der Waals surface area contributed by atoms with Crippen molar-refractivity contribution in [3.8, 4) is 0 Å². The van der Waals surface area contributed by atoms with Gasteiger partial charge in [0.1, 0.15) is 11.1 Å². The highest BCUT2D eigenvalue weighted by Crippen LogP contribution is 2.35. The molecule has 27 heavy (non-hydrogen) atoms. The molecule has 0 saturated carbocycles. The lowest BCUT2D eigenvalue weighted by Crippen LogP contribution is -2.27. The molecule has 0 bridgehead atoms. The summed E-state index contributed by atoms with van der Waals surface area (Å²) in [4.78, 5) is 14.2. The number of carbonyl (C=O) groups is 1. The molecule has 1 atom stereocenters. The topological polar surface area (TPSA) is 77.0 Å². The molecule has 3 aromatic rings. The van der Waals surface area contributed by atoms with Crippen LogP contribution >= 0.6 is 11.8 Å². The van der Waals surface area contributed by atoms with Gasteiger partial charge in [-0.3, -0.25) is 4.79 Å². The van der Waals surface area contributed by atoms with Gasteiger partial charge in [0.15, 0.2) is 5.82 Å². The van der Waals surface area contributed by atoms with Gasteiger partial charge in [-0.25, -0.2) is 9.07 Å². The summed E-state index contributed by atoms with van der Waals surface area (Å²) >= 11 is 1.25. The lowest BCUT2D eigenvalue weighted by Gasteiger charge is -2.20. The predicted molar refractivity (Wildman–Crippen MR) is 103 cm³/mol. The Morgan fingerprint density at radius 1 is 1.15 bits per heavy atom. The summed E-state index contributed by atoms with van der Waals surface area (Å²) in [6.45, 7) is 0. The number of likely N-dealkylation sites (N-methyl/N-ethyl adjacent to an activating group) is 1. The number of thioether (sulfide) groups is 1. The van der Waals surface area contributed by atoms with Gasteiger partial charge in [-0.2, -0.15) is 0 Å². The van der Waals surface area contributed by atoms with Crippen LogP contribution in [0.5, 0.6) is 0 Å². The minimum Gasteiger partial charge on any atom is -0.348 e. The van der Waals surface area contributed by atoms with E-state index in [0.29, 0.717) is 17.4 Å². The summed E-state index contributed by atoms with van der Waals surface area (Å²) in [5.41, 5.74) is 1.74. The number of nitrogens with two attached hydrogens (primary N) is 1. The van der Waals surface area contributed by atoms with Crippen LogP contribution < -0.4 is 5.84 Å². The quantitative estimate of drug-likeness (QED) is 0.521. The number of nitrogens with zero attached hydrogens (tertiary/aromatic N) is 4. The zero-order valence-electron chi connectivity index (χ0n) is 15.0. The molecule has 2 aromatic carbocycles. The molecule has 8 heteroatoms. The highest BCUT2D eigenvalue weighted by atomic mass is 32.2. The molecule has 0 fully saturated rings. The molecule has 140 valence electrons. The van der Waals surface area contributed by atoms with Crippen LogP contribution in [0, 0.1) is 5.82 Å². The van der Waals surface area contributed by atoms with Crippen molar-refractivity contribution in [1.29, 1.82) is 0 Å². The van der Waals surface area contributed by atoms with Crippen LogP contribution in [0.25, 0.3) is 0 Å². The molecular weight excluding hydrogens is 365 g/mol. The van der Waals surface area contributed by atoms with Gasteiger partial charge in [-0.05, 0) is 23.3 Å². The Morgan fingerprint density at radius 3 is 2.44 bits per heavy atom. The third-order valence-corrected chi connectivity index (χ3v) is 5.20. The Hall–Kier alpha value is -2.87. The Balaban J connectivity index is 1.83. The number of hydrogen-bond donors (Lipinski definition) is 1. The molecular formula is C19H20FN5OS. The molecule has 2 N–H and O–H groups in total. The van der Waals surface area contributed by atoms with E-state index in [1.54, 1.807) is 31.1 Å². The maximum atomic E-state index is 13.1. The number of amides is 1. The number of aromatic nitrogens is 3. The lowest BCUT2D eigenvalue weighted by molar-refractivity contribution is -0.128. The van der Waals surface area contributed by atoms with Gasteiger partial charge in [-0.15, -0.1) is 10.2 Å². The van der Waals surface area contributed by atoms with Gasteiger partial charge < -0.3 is 10.7 Å². The lowest BCUT2D eigenvalue weighted by atomic mass is 10.1.